The first-order valence-corrected chi connectivity index (χ1v) is 8.05. The van der Waals surface area contributed by atoms with Gasteiger partial charge >= 0.3 is 0 Å². The summed E-state index contributed by atoms with van der Waals surface area (Å²) in [5, 5.41) is 10.6. The Morgan fingerprint density at radius 1 is 1.10 bits per heavy atom. The summed E-state index contributed by atoms with van der Waals surface area (Å²) in [5.74, 6) is 0. The Balaban J connectivity index is 2.41. The Kier molecular flexibility index (Phi) is 4.29. The largest absolute Gasteiger partial charge is 0.269 e. The molecule has 0 aliphatic rings. The van der Waals surface area contributed by atoms with Crippen LogP contribution in [0.4, 0.5) is 11.4 Å². The monoisotopic (exact) mass is 370 g/mol. The Hall–Kier alpha value is -1.93. The van der Waals surface area contributed by atoms with Crippen molar-refractivity contribution in [2.75, 3.05) is 11.4 Å². The molecule has 0 spiro atoms. The molecule has 0 saturated carbocycles. The van der Waals surface area contributed by atoms with Gasteiger partial charge in [-0.25, -0.2) is 8.42 Å². The summed E-state index contributed by atoms with van der Waals surface area (Å²) in [4.78, 5) is 10.2. The first-order valence-electron chi connectivity index (χ1n) is 5.82. The van der Waals surface area contributed by atoms with Crippen LogP contribution in [0.2, 0.25) is 0 Å². The Morgan fingerprint density at radius 2 is 1.67 bits per heavy atom. The van der Waals surface area contributed by atoms with E-state index in [2.05, 4.69) is 15.9 Å². The fraction of sp³-hybridized carbons (Fsp3) is 0.0769. The fourth-order valence-corrected chi connectivity index (χ4v) is 3.88. The van der Waals surface area contributed by atoms with E-state index in [-0.39, 0.29) is 10.6 Å². The van der Waals surface area contributed by atoms with Crippen molar-refractivity contribution in [1.82, 2.24) is 0 Å². The number of anilines is 1. The molecule has 0 bridgehead atoms. The van der Waals surface area contributed by atoms with Gasteiger partial charge in [-0.05, 0) is 40.2 Å². The molecule has 0 aromatic heterocycles. The second-order valence-electron chi connectivity index (χ2n) is 4.18. The van der Waals surface area contributed by atoms with Crippen molar-refractivity contribution in [1.29, 1.82) is 0 Å². The Morgan fingerprint density at radius 3 is 2.19 bits per heavy atom. The number of nitro groups is 1. The van der Waals surface area contributed by atoms with Crippen molar-refractivity contribution in [2.24, 2.45) is 0 Å². The van der Waals surface area contributed by atoms with Gasteiger partial charge in [-0.15, -0.1) is 0 Å². The van der Waals surface area contributed by atoms with Gasteiger partial charge in [0, 0.05) is 23.7 Å². The maximum Gasteiger partial charge on any atom is 0.269 e. The van der Waals surface area contributed by atoms with Crippen molar-refractivity contribution in [3.63, 3.8) is 0 Å². The SMILES string of the molecule is CN(c1ccc([N+](=O)[O-])cc1)S(=O)(=O)c1ccccc1Br. The highest BCUT2D eigenvalue weighted by Crippen LogP contribution is 2.28. The zero-order valence-corrected chi connectivity index (χ0v) is 13.3. The molecule has 6 nitrogen and oxygen atoms in total. The molecule has 2 aromatic carbocycles. The standard InChI is InChI=1S/C13H11BrN2O4S/c1-15(10-6-8-11(9-7-10)16(17)18)21(19,20)13-5-3-2-4-12(13)14/h2-9H,1H3. The van der Waals surface area contributed by atoms with Gasteiger partial charge in [0.05, 0.1) is 10.6 Å². The number of nitrogens with zero attached hydrogens (tertiary/aromatic N) is 2. The number of benzene rings is 2. The van der Waals surface area contributed by atoms with Crippen LogP contribution in [0.25, 0.3) is 0 Å². The molecule has 8 heteroatoms. The Bertz CT molecular complexity index is 775. The van der Waals surface area contributed by atoms with Gasteiger partial charge in [0.15, 0.2) is 0 Å². The maximum absolute atomic E-state index is 12.5. The highest BCUT2D eigenvalue weighted by atomic mass is 79.9. The van der Waals surface area contributed by atoms with Crippen LogP contribution in [-0.4, -0.2) is 20.4 Å². The van der Waals surface area contributed by atoms with E-state index in [4.69, 9.17) is 0 Å². The Labute approximate surface area is 130 Å². The predicted octanol–water partition coefficient (Wildman–Crippen LogP) is 3.18. The van der Waals surface area contributed by atoms with Gasteiger partial charge in [0.1, 0.15) is 4.90 Å². The lowest BCUT2D eigenvalue weighted by atomic mass is 10.3. The summed E-state index contributed by atoms with van der Waals surface area (Å²) in [6.07, 6.45) is 0. The molecule has 0 aliphatic heterocycles. The molecule has 110 valence electrons. The van der Waals surface area contributed by atoms with Crippen LogP contribution < -0.4 is 4.31 Å². The molecule has 0 atom stereocenters. The zero-order chi connectivity index (χ0) is 15.6. The summed E-state index contributed by atoms with van der Waals surface area (Å²) < 4.78 is 26.6. The van der Waals surface area contributed by atoms with Crippen LogP contribution in [0.3, 0.4) is 0 Å². The third-order valence-corrected chi connectivity index (χ3v) is 5.70. The van der Waals surface area contributed by atoms with Crippen LogP contribution in [-0.2, 0) is 10.0 Å². The van der Waals surface area contributed by atoms with Gasteiger partial charge in [-0.1, -0.05) is 12.1 Å². The van der Waals surface area contributed by atoms with E-state index in [0.717, 1.165) is 4.31 Å². The fourth-order valence-electron chi connectivity index (χ4n) is 1.72. The first-order chi connectivity index (χ1) is 9.84. The molecule has 0 fully saturated rings. The van der Waals surface area contributed by atoms with Crippen molar-refractivity contribution in [3.8, 4) is 0 Å². The second kappa shape index (κ2) is 5.82. The van der Waals surface area contributed by atoms with Gasteiger partial charge in [0.2, 0.25) is 0 Å². The van der Waals surface area contributed by atoms with Crippen LogP contribution >= 0.6 is 15.9 Å². The average molecular weight is 371 g/mol. The van der Waals surface area contributed by atoms with E-state index in [1.54, 1.807) is 18.2 Å². The van der Waals surface area contributed by atoms with Crippen molar-refractivity contribution in [2.45, 2.75) is 4.90 Å². The number of hydrogen-bond donors (Lipinski definition) is 0. The number of non-ortho nitro benzene ring substituents is 1. The molecular formula is C13H11BrN2O4S. The minimum atomic E-state index is -3.74. The molecule has 0 heterocycles. The number of nitro benzene ring substituents is 1. The van der Waals surface area contributed by atoms with E-state index in [1.165, 1.54) is 37.4 Å². The lowest BCUT2D eigenvalue weighted by Crippen LogP contribution is -2.26. The third kappa shape index (κ3) is 3.06. The number of hydrogen-bond acceptors (Lipinski definition) is 4. The number of halogens is 1. The predicted molar refractivity (Wildman–Crippen MR) is 82.8 cm³/mol. The smallest absolute Gasteiger partial charge is 0.269 e. The van der Waals surface area contributed by atoms with Crippen molar-refractivity contribution in [3.05, 3.63) is 63.1 Å². The molecule has 0 unspecified atom stereocenters. The molecule has 0 radical (unpaired) electrons. The topological polar surface area (TPSA) is 80.5 Å². The maximum atomic E-state index is 12.5. The molecule has 0 saturated heterocycles. The highest BCUT2D eigenvalue weighted by molar-refractivity contribution is 9.10. The average Bonchev–Trinajstić information content (AvgIpc) is 2.46. The van der Waals surface area contributed by atoms with Gasteiger partial charge in [0.25, 0.3) is 15.7 Å². The van der Waals surface area contributed by atoms with Crippen LogP contribution in [0.1, 0.15) is 0 Å². The molecule has 2 rings (SSSR count). The van der Waals surface area contributed by atoms with Crippen LogP contribution in [0.5, 0.6) is 0 Å². The number of sulfonamides is 1. The summed E-state index contributed by atoms with van der Waals surface area (Å²) in [5.41, 5.74) is 0.252. The highest BCUT2D eigenvalue weighted by Gasteiger charge is 2.23. The van der Waals surface area contributed by atoms with E-state index < -0.39 is 14.9 Å². The molecular weight excluding hydrogens is 360 g/mol. The van der Waals surface area contributed by atoms with E-state index in [9.17, 15) is 18.5 Å². The molecule has 21 heavy (non-hydrogen) atoms. The van der Waals surface area contributed by atoms with E-state index in [1.807, 2.05) is 0 Å². The number of rotatable bonds is 4. The minimum Gasteiger partial charge on any atom is -0.269 e. The van der Waals surface area contributed by atoms with E-state index >= 15 is 0 Å². The van der Waals surface area contributed by atoms with E-state index in [0.29, 0.717) is 10.2 Å². The van der Waals surface area contributed by atoms with Gasteiger partial charge in [-0.3, -0.25) is 14.4 Å². The first kappa shape index (κ1) is 15.5. The lowest BCUT2D eigenvalue weighted by Gasteiger charge is -2.20. The van der Waals surface area contributed by atoms with Crippen molar-refractivity contribution >= 4 is 37.3 Å². The summed E-state index contributed by atoms with van der Waals surface area (Å²) >= 11 is 3.21. The van der Waals surface area contributed by atoms with Gasteiger partial charge in [-0.2, -0.15) is 0 Å². The lowest BCUT2D eigenvalue weighted by molar-refractivity contribution is -0.384. The summed E-state index contributed by atoms with van der Waals surface area (Å²) in [6, 6.07) is 11.8. The quantitative estimate of drug-likeness (QED) is 0.611. The summed E-state index contributed by atoms with van der Waals surface area (Å²) in [7, 11) is -2.34. The van der Waals surface area contributed by atoms with Crippen LogP contribution in [0, 0.1) is 10.1 Å². The summed E-state index contributed by atoms with van der Waals surface area (Å²) in [6.45, 7) is 0. The molecule has 2 aromatic rings. The third-order valence-electron chi connectivity index (χ3n) is 2.90. The molecule has 0 aliphatic carbocycles. The minimum absolute atomic E-state index is 0.0922. The normalized spacial score (nSPS) is 11.1. The van der Waals surface area contributed by atoms with Gasteiger partial charge < -0.3 is 0 Å². The molecule has 0 N–H and O–H groups in total. The van der Waals surface area contributed by atoms with Crippen molar-refractivity contribution < 1.29 is 13.3 Å². The van der Waals surface area contributed by atoms with Crippen LogP contribution in [0.15, 0.2) is 57.9 Å². The second-order valence-corrected chi connectivity index (χ2v) is 6.97. The zero-order valence-electron chi connectivity index (χ0n) is 10.9. The molecule has 0 amide bonds.